The number of aliphatic imine (C=N–C) groups is 1. The van der Waals surface area contributed by atoms with Crippen LogP contribution in [0.4, 0.5) is 0 Å². The van der Waals surface area contributed by atoms with Gasteiger partial charge in [-0.1, -0.05) is 36.8 Å². The molecule has 0 spiro atoms. The summed E-state index contributed by atoms with van der Waals surface area (Å²) in [7, 11) is 0. The molecule has 2 aliphatic rings. The number of nitrogens with zero attached hydrogens (tertiary/aromatic N) is 2. The van der Waals surface area contributed by atoms with Gasteiger partial charge in [-0.05, 0) is 68.6 Å². The average molecular weight is 379 g/mol. The van der Waals surface area contributed by atoms with Crippen molar-refractivity contribution < 1.29 is 9.47 Å². The topological polar surface area (TPSA) is 34.1 Å². The molecule has 4 rings (SSSR count). The second-order valence-corrected chi connectivity index (χ2v) is 7.72. The van der Waals surface area contributed by atoms with Gasteiger partial charge in [0.15, 0.2) is 0 Å². The van der Waals surface area contributed by atoms with Crippen molar-refractivity contribution in [2.45, 2.75) is 38.1 Å². The van der Waals surface area contributed by atoms with Gasteiger partial charge in [0.05, 0.1) is 12.6 Å². The summed E-state index contributed by atoms with van der Waals surface area (Å²) in [5, 5.41) is 0. The molecule has 28 heavy (non-hydrogen) atoms. The summed E-state index contributed by atoms with van der Waals surface area (Å²) in [6.45, 7) is 5.07. The van der Waals surface area contributed by atoms with Crippen LogP contribution in [0.1, 0.15) is 36.8 Å². The van der Waals surface area contributed by atoms with Gasteiger partial charge in [0.25, 0.3) is 0 Å². The Morgan fingerprint density at radius 3 is 2.54 bits per heavy atom. The number of hydrogen-bond donors (Lipinski definition) is 0. The van der Waals surface area contributed by atoms with Crippen molar-refractivity contribution in [3.05, 3.63) is 65.7 Å². The van der Waals surface area contributed by atoms with Crippen molar-refractivity contribution in [3.8, 4) is 5.75 Å². The minimum atomic E-state index is 0.197. The predicted octanol–water partition coefficient (Wildman–Crippen LogP) is 4.33. The molecular weight excluding hydrogens is 348 g/mol. The highest BCUT2D eigenvalue weighted by Crippen LogP contribution is 2.19. The van der Waals surface area contributed by atoms with Gasteiger partial charge in [0.1, 0.15) is 12.4 Å². The van der Waals surface area contributed by atoms with E-state index in [9.17, 15) is 0 Å². The summed E-state index contributed by atoms with van der Waals surface area (Å²) >= 11 is 0. The number of ether oxygens (including phenoxy) is 2. The summed E-state index contributed by atoms with van der Waals surface area (Å²) < 4.78 is 11.7. The van der Waals surface area contributed by atoms with Gasteiger partial charge >= 0.3 is 0 Å². The fourth-order valence-corrected chi connectivity index (χ4v) is 3.92. The molecule has 2 aliphatic heterocycles. The van der Waals surface area contributed by atoms with Crippen molar-refractivity contribution in [2.75, 3.05) is 32.8 Å². The molecule has 2 aromatic carbocycles. The zero-order valence-electron chi connectivity index (χ0n) is 16.6. The molecule has 0 unspecified atom stereocenters. The van der Waals surface area contributed by atoms with Gasteiger partial charge in [0, 0.05) is 12.1 Å². The second kappa shape index (κ2) is 9.74. The molecule has 4 heteroatoms. The first-order valence-electron chi connectivity index (χ1n) is 10.6. The third-order valence-corrected chi connectivity index (χ3v) is 5.46. The summed E-state index contributed by atoms with van der Waals surface area (Å²) in [5.41, 5.74) is 2.32. The number of piperidine rings is 1. The highest BCUT2D eigenvalue weighted by Gasteiger charge is 2.20. The molecule has 0 radical (unpaired) electrons. The SMILES string of the molecule is c1ccc(C[C@@H]2COC(c3ccc(OCCCN4CCCCC4)cc3)=N2)cc1. The molecule has 1 atom stereocenters. The van der Waals surface area contributed by atoms with E-state index in [2.05, 4.69) is 29.2 Å². The quantitative estimate of drug-likeness (QED) is 0.641. The highest BCUT2D eigenvalue weighted by atomic mass is 16.5. The lowest BCUT2D eigenvalue weighted by Gasteiger charge is -2.26. The van der Waals surface area contributed by atoms with Crippen molar-refractivity contribution in [1.29, 1.82) is 0 Å². The van der Waals surface area contributed by atoms with Crippen LogP contribution >= 0.6 is 0 Å². The van der Waals surface area contributed by atoms with Gasteiger partial charge in [-0.15, -0.1) is 0 Å². The fraction of sp³-hybridized carbons (Fsp3) is 0.458. The van der Waals surface area contributed by atoms with Crippen LogP contribution in [-0.4, -0.2) is 49.7 Å². The summed E-state index contributed by atoms with van der Waals surface area (Å²) in [6, 6.07) is 18.8. The van der Waals surface area contributed by atoms with Gasteiger partial charge < -0.3 is 14.4 Å². The predicted molar refractivity (Wildman–Crippen MR) is 113 cm³/mol. The Hall–Kier alpha value is -2.33. The Bertz CT molecular complexity index is 752. The van der Waals surface area contributed by atoms with E-state index in [1.807, 2.05) is 30.3 Å². The molecular formula is C24H30N2O2. The minimum absolute atomic E-state index is 0.197. The standard InChI is InChI=1S/C24H30N2O2/c1-3-8-20(9-4-1)18-22-19-28-24(25-22)21-10-12-23(13-11-21)27-17-7-16-26-14-5-2-6-15-26/h1,3-4,8-13,22H,2,5-7,14-19H2/t22-/m1/s1. The molecule has 0 aliphatic carbocycles. The first-order valence-corrected chi connectivity index (χ1v) is 10.6. The Labute approximate surface area is 168 Å². The number of rotatable bonds is 8. The highest BCUT2D eigenvalue weighted by molar-refractivity contribution is 5.95. The Kier molecular flexibility index (Phi) is 6.61. The third-order valence-electron chi connectivity index (χ3n) is 5.46. The monoisotopic (exact) mass is 378 g/mol. The zero-order chi connectivity index (χ0) is 19.0. The molecule has 1 fully saturated rings. The van der Waals surface area contributed by atoms with E-state index in [0.717, 1.165) is 43.2 Å². The van der Waals surface area contributed by atoms with E-state index >= 15 is 0 Å². The molecule has 2 aromatic rings. The molecule has 0 bridgehead atoms. The Morgan fingerprint density at radius 1 is 0.964 bits per heavy atom. The number of likely N-dealkylation sites (tertiary alicyclic amines) is 1. The van der Waals surface area contributed by atoms with Crippen molar-refractivity contribution in [1.82, 2.24) is 4.90 Å². The van der Waals surface area contributed by atoms with Crippen LogP contribution < -0.4 is 4.74 Å². The summed E-state index contributed by atoms with van der Waals surface area (Å²) in [6.07, 6.45) is 6.09. The van der Waals surface area contributed by atoms with Crippen LogP contribution in [0.15, 0.2) is 59.6 Å². The zero-order valence-corrected chi connectivity index (χ0v) is 16.6. The molecule has 4 nitrogen and oxygen atoms in total. The number of hydrogen-bond acceptors (Lipinski definition) is 4. The van der Waals surface area contributed by atoms with Crippen molar-refractivity contribution in [2.24, 2.45) is 4.99 Å². The fourth-order valence-electron chi connectivity index (χ4n) is 3.92. The molecule has 0 saturated carbocycles. The first kappa shape index (κ1) is 19.0. The smallest absolute Gasteiger partial charge is 0.216 e. The van der Waals surface area contributed by atoms with Crippen molar-refractivity contribution in [3.63, 3.8) is 0 Å². The maximum atomic E-state index is 5.91. The molecule has 0 aromatic heterocycles. The maximum Gasteiger partial charge on any atom is 0.216 e. The molecule has 148 valence electrons. The van der Waals surface area contributed by atoms with Crippen LogP contribution in [0.25, 0.3) is 0 Å². The van der Waals surface area contributed by atoms with E-state index in [1.54, 1.807) is 0 Å². The van der Waals surface area contributed by atoms with Gasteiger partial charge in [-0.3, -0.25) is 0 Å². The summed E-state index contributed by atoms with van der Waals surface area (Å²) in [4.78, 5) is 7.31. The van der Waals surface area contributed by atoms with Gasteiger partial charge in [0.2, 0.25) is 5.90 Å². The lowest BCUT2D eigenvalue weighted by molar-refractivity contribution is 0.205. The van der Waals surface area contributed by atoms with E-state index in [1.165, 1.54) is 37.9 Å². The van der Waals surface area contributed by atoms with Crippen LogP contribution in [0, 0.1) is 0 Å². The van der Waals surface area contributed by atoms with E-state index < -0.39 is 0 Å². The largest absolute Gasteiger partial charge is 0.494 e. The lowest BCUT2D eigenvalue weighted by atomic mass is 10.1. The molecule has 1 saturated heterocycles. The minimum Gasteiger partial charge on any atom is -0.494 e. The first-order chi connectivity index (χ1) is 13.9. The van der Waals surface area contributed by atoms with Crippen molar-refractivity contribution >= 4 is 5.90 Å². The van der Waals surface area contributed by atoms with Crippen LogP contribution in [-0.2, 0) is 11.2 Å². The lowest BCUT2D eigenvalue weighted by Crippen LogP contribution is -2.31. The van der Waals surface area contributed by atoms with E-state index in [-0.39, 0.29) is 6.04 Å². The Morgan fingerprint density at radius 2 is 1.75 bits per heavy atom. The molecule has 0 amide bonds. The molecule has 2 heterocycles. The number of benzene rings is 2. The average Bonchev–Trinajstić information content (AvgIpc) is 3.22. The summed E-state index contributed by atoms with van der Waals surface area (Å²) in [5.74, 6) is 1.67. The Balaban J connectivity index is 1.23. The van der Waals surface area contributed by atoms with Gasteiger partial charge in [-0.2, -0.15) is 0 Å². The third kappa shape index (κ3) is 5.35. The van der Waals surface area contributed by atoms with E-state index in [0.29, 0.717) is 6.61 Å². The maximum absolute atomic E-state index is 5.91. The van der Waals surface area contributed by atoms with Crippen LogP contribution in [0.2, 0.25) is 0 Å². The normalized spacial score (nSPS) is 19.9. The van der Waals surface area contributed by atoms with Gasteiger partial charge in [-0.25, -0.2) is 4.99 Å². The molecule has 0 N–H and O–H groups in total. The van der Waals surface area contributed by atoms with E-state index in [4.69, 9.17) is 14.5 Å². The van der Waals surface area contributed by atoms with Crippen LogP contribution in [0.5, 0.6) is 5.75 Å². The second-order valence-electron chi connectivity index (χ2n) is 7.72. The van der Waals surface area contributed by atoms with Crippen LogP contribution in [0.3, 0.4) is 0 Å².